The maximum Gasteiger partial charge on any atom is 0.203 e. The number of hydrogen-bond donors (Lipinski definition) is 1. The second kappa shape index (κ2) is 8.69. The molecule has 0 aliphatic carbocycles. The largest absolute Gasteiger partial charge is 0.493 e. The second-order valence-electron chi connectivity index (χ2n) is 4.76. The lowest BCUT2D eigenvalue weighted by atomic mass is 9.99. The summed E-state index contributed by atoms with van der Waals surface area (Å²) in [5, 5.41) is 3.36. The summed E-state index contributed by atoms with van der Waals surface area (Å²) in [5.41, 5.74) is 1.11. The third-order valence-electron chi connectivity index (χ3n) is 3.55. The third kappa shape index (κ3) is 3.79. The number of unbranched alkanes of at least 4 members (excludes halogenated alkanes) is 2. The van der Waals surface area contributed by atoms with Crippen LogP contribution in [0.4, 0.5) is 0 Å². The average molecular weight is 281 g/mol. The van der Waals surface area contributed by atoms with Gasteiger partial charge in [0, 0.05) is 11.6 Å². The molecule has 0 amide bonds. The summed E-state index contributed by atoms with van der Waals surface area (Å²) in [6.07, 6.45) is 4.74. The van der Waals surface area contributed by atoms with Crippen LogP contribution in [-0.2, 0) is 0 Å². The zero-order valence-electron chi connectivity index (χ0n) is 13.3. The Morgan fingerprint density at radius 1 is 1.00 bits per heavy atom. The van der Waals surface area contributed by atoms with Gasteiger partial charge >= 0.3 is 0 Å². The minimum Gasteiger partial charge on any atom is -0.493 e. The van der Waals surface area contributed by atoms with Crippen LogP contribution in [0.2, 0.25) is 0 Å². The molecule has 1 aromatic carbocycles. The van der Waals surface area contributed by atoms with E-state index in [9.17, 15) is 0 Å². The standard InChI is InChI=1S/C16H27NO3/c1-6-7-8-9-13(17-2)12-10-11-14(18-3)16(20-5)15(12)19-4/h10-11,13,17H,6-9H2,1-5H3. The van der Waals surface area contributed by atoms with Gasteiger partial charge in [-0.25, -0.2) is 0 Å². The number of rotatable bonds is 9. The SMILES string of the molecule is CCCCCC(NC)c1ccc(OC)c(OC)c1OC. The van der Waals surface area contributed by atoms with Crippen molar-refractivity contribution in [3.8, 4) is 17.2 Å². The molecule has 0 saturated heterocycles. The van der Waals surface area contributed by atoms with Crippen LogP contribution in [0.15, 0.2) is 12.1 Å². The van der Waals surface area contributed by atoms with E-state index in [1.54, 1.807) is 21.3 Å². The minimum atomic E-state index is 0.260. The Bertz CT molecular complexity index is 407. The van der Waals surface area contributed by atoms with E-state index in [1.165, 1.54) is 19.3 Å². The number of methoxy groups -OCH3 is 3. The van der Waals surface area contributed by atoms with Gasteiger partial charge in [0.2, 0.25) is 5.75 Å². The van der Waals surface area contributed by atoms with Gasteiger partial charge in [-0.05, 0) is 25.6 Å². The molecule has 1 N–H and O–H groups in total. The van der Waals surface area contributed by atoms with Crippen LogP contribution in [0, 0.1) is 0 Å². The molecule has 0 heterocycles. The van der Waals surface area contributed by atoms with Crippen molar-refractivity contribution in [1.82, 2.24) is 5.32 Å². The van der Waals surface area contributed by atoms with Crippen molar-refractivity contribution in [1.29, 1.82) is 0 Å². The van der Waals surface area contributed by atoms with E-state index in [0.717, 1.165) is 17.7 Å². The number of ether oxygens (including phenoxy) is 3. The molecule has 0 radical (unpaired) electrons. The van der Waals surface area contributed by atoms with Crippen LogP contribution in [0.5, 0.6) is 17.2 Å². The summed E-state index contributed by atoms with van der Waals surface area (Å²) in [6, 6.07) is 4.24. The topological polar surface area (TPSA) is 39.7 Å². The van der Waals surface area contributed by atoms with Gasteiger partial charge in [0.1, 0.15) is 0 Å². The van der Waals surface area contributed by atoms with Gasteiger partial charge in [-0.3, -0.25) is 0 Å². The average Bonchev–Trinajstić information content (AvgIpc) is 2.50. The lowest BCUT2D eigenvalue weighted by molar-refractivity contribution is 0.318. The van der Waals surface area contributed by atoms with E-state index >= 15 is 0 Å². The molecule has 0 spiro atoms. The van der Waals surface area contributed by atoms with Crippen molar-refractivity contribution in [3.05, 3.63) is 17.7 Å². The molecule has 1 rings (SSSR count). The Morgan fingerprint density at radius 3 is 2.20 bits per heavy atom. The van der Waals surface area contributed by atoms with Crippen molar-refractivity contribution in [2.24, 2.45) is 0 Å². The van der Waals surface area contributed by atoms with Gasteiger partial charge in [0.25, 0.3) is 0 Å². The molecule has 0 aliphatic heterocycles. The van der Waals surface area contributed by atoms with Gasteiger partial charge < -0.3 is 19.5 Å². The van der Waals surface area contributed by atoms with Crippen molar-refractivity contribution in [2.75, 3.05) is 28.4 Å². The minimum absolute atomic E-state index is 0.260. The summed E-state index contributed by atoms with van der Waals surface area (Å²) in [6.45, 7) is 2.21. The van der Waals surface area contributed by atoms with Crippen molar-refractivity contribution >= 4 is 0 Å². The van der Waals surface area contributed by atoms with Crippen molar-refractivity contribution < 1.29 is 14.2 Å². The second-order valence-corrected chi connectivity index (χ2v) is 4.76. The highest BCUT2D eigenvalue weighted by Crippen LogP contribution is 2.42. The van der Waals surface area contributed by atoms with Gasteiger partial charge in [0.15, 0.2) is 11.5 Å². The van der Waals surface area contributed by atoms with Gasteiger partial charge in [0.05, 0.1) is 21.3 Å². The predicted molar refractivity (Wildman–Crippen MR) is 82.0 cm³/mol. The van der Waals surface area contributed by atoms with E-state index in [2.05, 4.69) is 12.2 Å². The van der Waals surface area contributed by atoms with Crippen LogP contribution >= 0.6 is 0 Å². The van der Waals surface area contributed by atoms with E-state index in [0.29, 0.717) is 11.5 Å². The van der Waals surface area contributed by atoms with Crippen LogP contribution < -0.4 is 19.5 Å². The highest BCUT2D eigenvalue weighted by molar-refractivity contribution is 5.56. The first-order valence-corrected chi connectivity index (χ1v) is 7.19. The lowest BCUT2D eigenvalue weighted by Crippen LogP contribution is -2.17. The third-order valence-corrected chi connectivity index (χ3v) is 3.55. The quantitative estimate of drug-likeness (QED) is 0.703. The molecular formula is C16H27NO3. The molecule has 1 atom stereocenters. The summed E-state index contributed by atoms with van der Waals surface area (Å²) < 4.78 is 16.3. The fraction of sp³-hybridized carbons (Fsp3) is 0.625. The molecule has 20 heavy (non-hydrogen) atoms. The van der Waals surface area contributed by atoms with Gasteiger partial charge in [-0.15, -0.1) is 0 Å². The highest BCUT2D eigenvalue weighted by atomic mass is 16.5. The Balaban J connectivity index is 3.08. The summed E-state index contributed by atoms with van der Waals surface area (Å²) in [5.74, 6) is 2.10. The molecule has 0 bridgehead atoms. The summed E-state index contributed by atoms with van der Waals surface area (Å²) >= 11 is 0. The monoisotopic (exact) mass is 281 g/mol. The lowest BCUT2D eigenvalue weighted by Gasteiger charge is -2.22. The van der Waals surface area contributed by atoms with Crippen LogP contribution in [0.1, 0.15) is 44.2 Å². The molecule has 1 aromatic rings. The maximum absolute atomic E-state index is 5.55. The molecule has 0 saturated carbocycles. The predicted octanol–water partition coefficient (Wildman–Crippen LogP) is 3.55. The fourth-order valence-electron chi connectivity index (χ4n) is 2.45. The normalized spacial score (nSPS) is 12.1. The molecule has 0 aliphatic rings. The van der Waals surface area contributed by atoms with Gasteiger partial charge in [-0.1, -0.05) is 26.2 Å². The van der Waals surface area contributed by atoms with Crippen molar-refractivity contribution in [3.63, 3.8) is 0 Å². The van der Waals surface area contributed by atoms with E-state index in [1.807, 2.05) is 19.2 Å². The Hall–Kier alpha value is -1.42. The first kappa shape index (κ1) is 16.6. The summed E-state index contributed by atoms with van der Waals surface area (Å²) in [7, 11) is 6.91. The van der Waals surface area contributed by atoms with Gasteiger partial charge in [-0.2, -0.15) is 0 Å². The first-order valence-electron chi connectivity index (χ1n) is 7.19. The molecule has 4 nitrogen and oxygen atoms in total. The number of hydrogen-bond acceptors (Lipinski definition) is 4. The first-order chi connectivity index (χ1) is 9.73. The van der Waals surface area contributed by atoms with Crippen LogP contribution in [0.3, 0.4) is 0 Å². The fourth-order valence-corrected chi connectivity index (χ4v) is 2.45. The van der Waals surface area contributed by atoms with Crippen LogP contribution in [0.25, 0.3) is 0 Å². The molecule has 0 aromatic heterocycles. The van der Waals surface area contributed by atoms with E-state index in [-0.39, 0.29) is 6.04 Å². The highest BCUT2D eigenvalue weighted by Gasteiger charge is 2.20. The maximum atomic E-state index is 5.55. The van der Waals surface area contributed by atoms with Crippen LogP contribution in [-0.4, -0.2) is 28.4 Å². The number of nitrogens with one attached hydrogen (secondary N) is 1. The number of benzene rings is 1. The van der Waals surface area contributed by atoms with Crippen molar-refractivity contribution in [2.45, 2.75) is 38.6 Å². The zero-order chi connectivity index (χ0) is 15.0. The Labute approximate surface area is 122 Å². The molecular weight excluding hydrogens is 254 g/mol. The summed E-state index contributed by atoms with van der Waals surface area (Å²) in [4.78, 5) is 0. The molecule has 4 heteroatoms. The zero-order valence-corrected chi connectivity index (χ0v) is 13.3. The van der Waals surface area contributed by atoms with E-state index in [4.69, 9.17) is 14.2 Å². The molecule has 0 fully saturated rings. The molecule has 114 valence electrons. The smallest absolute Gasteiger partial charge is 0.203 e. The Morgan fingerprint density at radius 2 is 1.70 bits per heavy atom. The van der Waals surface area contributed by atoms with E-state index < -0.39 is 0 Å². The Kier molecular flexibility index (Phi) is 7.23. The molecule has 1 unspecified atom stereocenters.